The molecule has 6 nitrogen and oxygen atoms in total. The maximum atomic E-state index is 13.3. The van der Waals surface area contributed by atoms with E-state index in [2.05, 4.69) is 0 Å². The number of carbonyl (C=O) groups is 2. The van der Waals surface area contributed by atoms with Crippen molar-refractivity contribution in [1.29, 1.82) is 0 Å². The van der Waals surface area contributed by atoms with Crippen molar-refractivity contribution in [3.63, 3.8) is 0 Å². The molecule has 2 atom stereocenters. The van der Waals surface area contributed by atoms with E-state index >= 15 is 0 Å². The number of hydrogen-bond acceptors (Lipinski definition) is 4. The Morgan fingerprint density at radius 2 is 1.78 bits per heavy atom. The van der Waals surface area contributed by atoms with Crippen molar-refractivity contribution in [2.24, 2.45) is 5.92 Å². The molecule has 0 radical (unpaired) electrons. The Balaban J connectivity index is 1.83. The summed E-state index contributed by atoms with van der Waals surface area (Å²) in [5.41, 5.74) is 1.18. The lowest BCUT2D eigenvalue weighted by atomic mass is 9.82. The Bertz CT molecular complexity index is 822. The standard InChI is InChI=1S/C26H37NO5/c1-18(2)21(24(28)29)16-23-22(15-19-11-7-5-8-12-19)27(26(3,4)32-23)25(30)31-17-20-13-9-6-10-14-20/h6,9-10,13-14,19,22-23H,5,7-8,11-12,15-17H2,1-4H3,(H,28,29)/t22-,23-/m0/s1. The van der Waals surface area contributed by atoms with Crippen LogP contribution in [0, 0.1) is 5.92 Å². The number of ether oxygens (including phenoxy) is 2. The van der Waals surface area contributed by atoms with Crippen LogP contribution in [-0.4, -0.2) is 39.9 Å². The Morgan fingerprint density at radius 3 is 2.38 bits per heavy atom. The van der Waals surface area contributed by atoms with Crippen molar-refractivity contribution in [2.45, 2.75) is 97.1 Å². The molecular weight excluding hydrogens is 406 g/mol. The molecule has 1 N–H and O–H groups in total. The Kier molecular flexibility index (Phi) is 7.99. The second-order valence-electron chi connectivity index (χ2n) is 9.81. The number of nitrogens with zero attached hydrogens (tertiary/aromatic N) is 1. The molecule has 1 aromatic carbocycles. The fourth-order valence-electron chi connectivity index (χ4n) is 5.12. The summed E-state index contributed by atoms with van der Waals surface area (Å²) in [4.78, 5) is 26.8. The lowest BCUT2D eigenvalue weighted by Crippen LogP contribution is -2.49. The summed E-state index contributed by atoms with van der Waals surface area (Å²) < 4.78 is 12.0. The third-order valence-corrected chi connectivity index (χ3v) is 6.75. The first kappa shape index (κ1) is 24.3. The first-order chi connectivity index (χ1) is 15.2. The van der Waals surface area contributed by atoms with Gasteiger partial charge in [0.25, 0.3) is 0 Å². The number of rotatable bonds is 7. The summed E-state index contributed by atoms with van der Waals surface area (Å²) in [6.07, 6.45) is 6.27. The van der Waals surface area contributed by atoms with Gasteiger partial charge in [-0.1, -0.05) is 68.0 Å². The zero-order chi connectivity index (χ0) is 23.3. The van der Waals surface area contributed by atoms with Gasteiger partial charge < -0.3 is 14.6 Å². The largest absolute Gasteiger partial charge is 0.478 e. The first-order valence-corrected chi connectivity index (χ1v) is 11.8. The van der Waals surface area contributed by atoms with E-state index in [0.717, 1.165) is 30.4 Å². The molecule has 1 amide bonds. The normalized spacial score (nSPS) is 23.1. The van der Waals surface area contributed by atoms with Crippen LogP contribution >= 0.6 is 0 Å². The number of carbonyl (C=O) groups excluding carboxylic acids is 1. The number of allylic oxidation sites excluding steroid dienone is 1. The van der Waals surface area contributed by atoms with Gasteiger partial charge in [0.05, 0.1) is 12.1 Å². The van der Waals surface area contributed by atoms with Gasteiger partial charge in [0.1, 0.15) is 12.3 Å². The van der Waals surface area contributed by atoms with Crippen LogP contribution in [0.15, 0.2) is 41.5 Å². The van der Waals surface area contributed by atoms with Crippen molar-refractivity contribution in [1.82, 2.24) is 4.90 Å². The Morgan fingerprint density at radius 1 is 1.12 bits per heavy atom. The van der Waals surface area contributed by atoms with Crippen LogP contribution in [0.25, 0.3) is 0 Å². The van der Waals surface area contributed by atoms with Crippen LogP contribution in [0.2, 0.25) is 0 Å². The molecule has 1 heterocycles. The maximum Gasteiger partial charge on any atom is 0.412 e. The lowest BCUT2D eigenvalue weighted by Gasteiger charge is -2.35. The van der Waals surface area contributed by atoms with E-state index in [1.54, 1.807) is 4.90 Å². The highest BCUT2D eigenvalue weighted by atomic mass is 16.6. The van der Waals surface area contributed by atoms with E-state index in [0.29, 0.717) is 11.5 Å². The van der Waals surface area contributed by atoms with Gasteiger partial charge in [-0.3, -0.25) is 4.90 Å². The van der Waals surface area contributed by atoms with Gasteiger partial charge in [-0.2, -0.15) is 0 Å². The van der Waals surface area contributed by atoms with E-state index in [9.17, 15) is 14.7 Å². The highest BCUT2D eigenvalue weighted by Gasteiger charge is 2.51. The van der Waals surface area contributed by atoms with Gasteiger partial charge in [0.2, 0.25) is 0 Å². The third-order valence-electron chi connectivity index (χ3n) is 6.75. The maximum absolute atomic E-state index is 13.3. The van der Waals surface area contributed by atoms with Gasteiger partial charge >= 0.3 is 12.1 Å². The van der Waals surface area contributed by atoms with E-state index in [-0.39, 0.29) is 25.2 Å². The highest BCUT2D eigenvalue weighted by molar-refractivity contribution is 5.87. The second kappa shape index (κ2) is 10.5. The van der Waals surface area contributed by atoms with Gasteiger partial charge in [0.15, 0.2) is 0 Å². The molecule has 176 valence electrons. The third kappa shape index (κ3) is 5.91. The lowest BCUT2D eigenvalue weighted by molar-refractivity contribution is -0.133. The molecule has 1 saturated heterocycles. The molecule has 32 heavy (non-hydrogen) atoms. The molecule has 1 saturated carbocycles. The van der Waals surface area contributed by atoms with Crippen LogP contribution in [0.4, 0.5) is 4.79 Å². The molecule has 0 unspecified atom stereocenters. The van der Waals surface area contributed by atoms with E-state index < -0.39 is 17.8 Å². The molecule has 2 fully saturated rings. The average molecular weight is 444 g/mol. The zero-order valence-corrected chi connectivity index (χ0v) is 19.8. The fraction of sp³-hybridized carbons (Fsp3) is 0.615. The smallest absolute Gasteiger partial charge is 0.412 e. The molecule has 1 aliphatic heterocycles. The fourth-order valence-corrected chi connectivity index (χ4v) is 5.12. The second-order valence-corrected chi connectivity index (χ2v) is 9.81. The molecule has 0 aromatic heterocycles. The number of aliphatic carboxylic acids is 1. The highest BCUT2D eigenvalue weighted by Crippen LogP contribution is 2.41. The van der Waals surface area contributed by atoms with Crippen molar-refractivity contribution in [3.8, 4) is 0 Å². The predicted octanol–water partition coefficient (Wildman–Crippen LogP) is 5.91. The topological polar surface area (TPSA) is 76.1 Å². The summed E-state index contributed by atoms with van der Waals surface area (Å²) in [6.45, 7) is 7.56. The number of hydrogen-bond donors (Lipinski definition) is 1. The molecule has 1 aromatic rings. The number of benzene rings is 1. The minimum Gasteiger partial charge on any atom is -0.478 e. The molecule has 6 heteroatoms. The number of amides is 1. The summed E-state index contributed by atoms with van der Waals surface area (Å²) in [7, 11) is 0. The van der Waals surface area contributed by atoms with E-state index in [1.165, 1.54) is 19.3 Å². The summed E-state index contributed by atoms with van der Waals surface area (Å²) in [6, 6.07) is 9.40. The predicted molar refractivity (Wildman–Crippen MR) is 123 cm³/mol. The van der Waals surface area contributed by atoms with Crippen LogP contribution in [0.3, 0.4) is 0 Å². The average Bonchev–Trinajstić information content (AvgIpc) is 3.00. The molecule has 1 aliphatic carbocycles. The van der Waals surface area contributed by atoms with Gasteiger partial charge in [-0.25, -0.2) is 9.59 Å². The molecular formula is C26H37NO5. The Labute approximate surface area is 191 Å². The first-order valence-electron chi connectivity index (χ1n) is 11.8. The van der Waals surface area contributed by atoms with Crippen LogP contribution in [0.1, 0.15) is 78.2 Å². The molecule has 0 bridgehead atoms. The van der Waals surface area contributed by atoms with Crippen molar-refractivity contribution in [3.05, 3.63) is 47.0 Å². The van der Waals surface area contributed by atoms with E-state index in [4.69, 9.17) is 9.47 Å². The molecule has 3 rings (SSSR count). The SMILES string of the molecule is CC(C)=C(C[C@@H]1OC(C)(C)N(C(=O)OCc2ccccc2)[C@H]1CC1CCCCC1)C(=O)O. The quantitative estimate of drug-likeness (QED) is 0.530. The monoisotopic (exact) mass is 443 g/mol. The van der Waals surface area contributed by atoms with E-state index in [1.807, 2.05) is 58.0 Å². The molecule has 2 aliphatic rings. The van der Waals surface area contributed by atoms with Crippen LogP contribution in [-0.2, 0) is 20.9 Å². The summed E-state index contributed by atoms with van der Waals surface area (Å²) in [5.74, 6) is -0.411. The summed E-state index contributed by atoms with van der Waals surface area (Å²) in [5, 5.41) is 9.71. The van der Waals surface area contributed by atoms with Gasteiger partial charge in [0, 0.05) is 12.0 Å². The van der Waals surface area contributed by atoms with Crippen LogP contribution < -0.4 is 0 Å². The minimum atomic E-state index is -0.923. The zero-order valence-electron chi connectivity index (χ0n) is 19.8. The molecule has 0 spiro atoms. The van der Waals surface area contributed by atoms with Crippen molar-refractivity contribution < 1.29 is 24.2 Å². The van der Waals surface area contributed by atoms with Crippen molar-refractivity contribution in [2.75, 3.05) is 0 Å². The Hall–Kier alpha value is -2.34. The number of carboxylic acids is 1. The minimum absolute atomic E-state index is 0.196. The van der Waals surface area contributed by atoms with Crippen molar-refractivity contribution >= 4 is 12.1 Å². The van der Waals surface area contributed by atoms with Gasteiger partial charge in [-0.15, -0.1) is 0 Å². The number of carboxylic acid groups (broad SMARTS) is 1. The van der Waals surface area contributed by atoms with Crippen LogP contribution in [0.5, 0.6) is 0 Å². The van der Waals surface area contributed by atoms with Gasteiger partial charge in [-0.05, 0) is 45.6 Å². The summed E-state index contributed by atoms with van der Waals surface area (Å²) >= 11 is 0.